The van der Waals surface area contributed by atoms with Gasteiger partial charge in [0.25, 0.3) is 5.69 Å². The second-order valence-corrected chi connectivity index (χ2v) is 6.93. The molecule has 0 bridgehead atoms. The first kappa shape index (κ1) is 20.0. The lowest BCUT2D eigenvalue weighted by Crippen LogP contribution is -2.16. The molecule has 1 N–H and O–H groups in total. The molecule has 0 fully saturated rings. The van der Waals surface area contributed by atoms with Crippen LogP contribution in [0.1, 0.15) is 27.5 Å². The van der Waals surface area contributed by atoms with Crippen molar-refractivity contribution in [2.45, 2.75) is 13.8 Å². The third kappa shape index (κ3) is 3.93. The molecule has 156 valence electrons. The van der Waals surface area contributed by atoms with Gasteiger partial charge in [0.15, 0.2) is 5.76 Å². The van der Waals surface area contributed by atoms with Gasteiger partial charge in [-0.2, -0.15) is 5.10 Å². The molecule has 9 heteroatoms. The Kier molecular flexibility index (Phi) is 5.08. The highest BCUT2D eigenvalue weighted by Crippen LogP contribution is 2.24. The number of carbonyl (C=O) groups is 1. The minimum atomic E-state index is -0.581. The van der Waals surface area contributed by atoms with E-state index >= 15 is 0 Å². The van der Waals surface area contributed by atoms with Crippen molar-refractivity contribution >= 4 is 28.8 Å². The SMILES string of the molecule is Cc1cc(/C=N\NC(=O)c2cc3cc([N+](=O)[O-])ccc3o2)c(C)n1-c1ccc(F)cc1. The topological polar surface area (TPSA) is 103 Å². The molecule has 31 heavy (non-hydrogen) atoms. The van der Waals surface area contributed by atoms with Crippen LogP contribution in [0.25, 0.3) is 16.7 Å². The van der Waals surface area contributed by atoms with Gasteiger partial charge in [0.1, 0.15) is 11.4 Å². The third-order valence-corrected chi connectivity index (χ3v) is 4.86. The van der Waals surface area contributed by atoms with Crippen LogP contribution in [0.5, 0.6) is 0 Å². The fraction of sp³-hybridized carbons (Fsp3) is 0.0909. The predicted octanol–water partition coefficient (Wildman–Crippen LogP) is 4.65. The maximum atomic E-state index is 13.2. The van der Waals surface area contributed by atoms with Crippen molar-refractivity contribution in [3.05, 3.63) is 93.2 Å². The molecule has 1 amide bonds. The zero-order valence-electron chi connectivity index (χ0n) is 16.6. The molecule has 2 aromatic carbocycles. The summed E-state index contributed by atoms with van der Waals surface area (Å²) in [6.07, 6.45) is 1.51. The lowest BCUT2D eigenvalue weighted by molar-refractivity contribution is -0.384. The summed E-state index contributed by atoms with van der Waals surface area (Å²) in [6, 6.07) is 13.6. The molecular weight excluding hydrogens is 403 g/mol. The van der Waals surface area contributed by atoms with Gasteiger partial charge in [-0.25, -0.2) is 9.82 Å². The molecule has 0 spiro atoms. The number of nitrogens with one attached hydrogen (secondary N) is 1. The van der Waals surface area contributed by atoms with Gasteiger partial charge in [-0.15, -0.1) is 0 Å². The minimum Gasteiger partial charge on any atom is -0.451 e. The number of amides is 1. The summed E-state index contributed by atoms with van der Waals surface area (Å²) in [5.41, 5.74) is 6.06. The summed E-state index contributed by atoms with van der Waals surface area (Å²) >= 11 is 0. The van der Waals surface area contributed by atoms with Gasteiger partial charge in [0.05, 0.1) is 11.1 Å². The van der Waals surface area contributed by atoms with Gasteiger partial charge in [-0.05, 0) is 56.3 Å². The number of aryl methyl sites for hydroxylation is 1. The van der Waals surface area contributed by atoms with Gasteiger partial charge >= 0.3 is 5.91 Å². The van der Waals surface area contributed by atoms with Crippen molar-refractivity contribution in [1.29, 1.82) is 0 Å². The average Bonchev–Trinajstić information content (AvgIpc) is 3.29. The first-order valence-electron chi connectivity index (χ1n) is 9.30. The van der Waals surface area contributed by atoms with Crippen LogP contribution < -0.4 is 5.43 Å². The molecule has 0 unspecified atom stereocenters. The van der Waals surface area contributed by atoms with Gasteiger partial charge in [0.2, 0.25) is 0 Å². The summed E-state index contributed by atoms with van der Waals surface area (Å²) in [7, 11) is 0. The summed E-state index contributed by atoms with van der Waals surface area (Å²) in [5.74, 6) is -0.900. The number of carbonyl (C=O) groups excluding carboxylic acids is 1. The number of aromatic nitrogens is 1. The van der Waals surface area contributed by atoms with Crippen molar-refractivity contribution in [3.63, 3.8) is 0 Å². The summed E-state index contributed by atoms with van der Waals surface area (Å²) in [6.45, 7) is 3.81. The zero-order valence-corrected chi connectivity index (χ0v) is 16.6. The Balaban J connectivity index is 1.51. The Hall–Kier alpha value is -4.27. The van der Waals surface area contributed by atoms with Crippen LogP contribution in [0, 0.1) is 29.8 Å². The fourth-order valence-corrected chi connectivity index (χ4v) is 3.38. The van der Waals surface area contributed by atoms with E-state index < -0.39 is 10.8 Å². The van der Waals surface area contributed by atoms with E-state index in [9.17, 15) is 19.3 Å². The second kappa shape index (κ2) is 7.86. The summed E-state index contributed by atoms with van der Waals surface area (Å²) in [5, 5.41) is 15.3. The van der Waals surface area contributed by atoms with Crippen LogP contribution in [-0.4, -0.2) is 21.6 Å². The number of halogens is 1. The lowest BCUT2D eigenvalue weighted by Gasteiger charge is -2.09. The highest BCUT2D eigenvalue weighted by Gasteiger charge is 2.15. The average molecular weight is 420 g/mol. The largest absolute Gasteiger partial charge is 0.451 e. The first-order valence-corrected chi connectivity index (χ1v) is 9.30. The van der Waals surface area contributed by atoms with Crippen LogP contribution >= 0.6 is 0 Å². The first-order chi connectivity index (χ1) is 14.8. The van der Waals surface area contributed by atoms with E-state index in [4.69, 9.17) is 4.42 Å². The van der Waals surface area contributed by atoms with Crippen LogP contribution in [-0.2, 0) is 0 Å². The Morgan fingerprint density at radius 3 is 2.61 bits per heavy atom. The number of non-ortho nitro benzene ring substituents is 1. The zero-order chi connectivity index (χ0) is 22.1. The van der Waals surface area contributed by atoms with Crippen molar-refractivity contribution in [2.75, 3.05) is 0 Å². The number of hydrogen-bond acceptors (Lipinski definition) is 5. The molecular formula is C22H17FN4O4. The van der Waals surface area contributed by atoms with Crippen molar-refractivity contribution in [2.24, 2.45) is 5.10 Å². The normalized spacial score (nSPS) is 11.3. The van der Waals surface area contributed by atoms with Crippen LogP contribution in [0.3, 0.4) is 0 Å². The molecule has 0 aliphatic carbocycles. The number of fused-ring (bicyclic) bond motifs is 1. The van der Waals surface area contributed by atoms with Gasteiger partial charge < -0.3 is 8.98 Å². The fourth-order valence-electron chi connectivity index (χ4n) is 3.38. The van der Waals surface area contributed by atoms with Crippen LogP contribution in [0.4, 0.5) is 10.1 Å². The summed E-state index contributed by atoms with van der Waals surface area (Å²) in [4.78, 5) is 22.7. The quantitative estimate of drug-likeness (QED) is 0.288. The number of furan rings is 1. The lowest BCUT2D eigenvalue weighted by atomic mass is 10.2. The number of nitro groups is 1. The molecule has 0 radical (unpaired) electrons. The van der Waals surface area contributed by atoms with Crippen molar-refractivity contribution in [3.8, 4) is 5.69 Å². The number of benzene rings is 2. The minimum absolute atomic E-state index is 0.00978. The molecule has 8 nitrogen and oxygen atoms in total. The van der Waals surface area contributed by atoms with Gasteiger partial charge in [-0.1, -0.05) is 0 Å². The molecule has 0 atom stereocenters. The van der Waals surface area contributed by atoms with E-state index in [-0.39, 0.29) is 17.3 Å². The number of hydrogen-bond donors (Lipinski definition) is 1. The maximum Gasteiger partial charge on any atom is 0.307 e. The van der Waals surface area contributed by atoms with E-state index in [1.807, 2.05) is 24.5 Å². The Morgan fingerprint density at radius 2 is 1.90 bits per heavy atom. The van der Waals surface area contributed by atoms with E-state index in [2.05, 4.69) is 10.5 Å². The molecule has 0 aliphatic heterocycles. The Labute approximate surface area is 175 Å². The standard InChI is InChI=1S/C22H17FN4O4/c1-13-9-16(14(2)26(13)18-5-3-17(23)4-6-18)12-24-25-22(28)21-11-15-10-19(27(29)30)7-8-20(15)31-21/h3-12H,1-2H3,(H,25,28)/b24-12-. The van der Waals surface area contributed by atoms with Crippen molar-refractivity contribution in [1.82, 2.24) is 9.99 Å². The molecule has 0 aliphatic rings. The number of rotatable bonds is 5. The highest BCUT2D eigenvalue weighted by atomic mass is 19.1. The molecule has 4 aromatic rings. The van der Waals surface area contributed by atoms with E-state index in [1.165, 1.54) is 42.6 Å². The van der Waals surface area contributed by atoms with Gasteiger partial charge in [0, 0.05) is 40.2 Å². The van der Waals surface area contributed by atoms with Gasteiger partial charge in [-0.3, -0.25) is 14.9 Å². The van der Waals surface area contributed by atoms with Crippen molar-refractivity contribution < 1.29 is 18.5 Å². The molecule has 0 saturated carbocycles. The maximum absolute atomic E-state index is 13.2. The number of nitrogens with zero attached hydrogens (tertiary/aromatic N) is 3. The molecule has 2 aromatic heterocycles. The highest BCUT2D eigenvalue weighted by molar-refractivity contribution is 5.97. The van der Waals surface area contributed by atoms with E-state index in [0.29, 0.717) is 11.0 Å². The van der Waals surface area contributed by atoms with Crippen LogP contribution in [0.2, 0.25) is 0 Å². The molecule has 4 rings (SSSR count). The molecule has 0 saturated heterocycles. The Morgan fingerprint density at radius 1 is 1.16 bits per heavy atom. The summed E-state index contributed by atoms with van der Waals surface area (Å²) < 4.78 is 20.6. The second-order valence-electron chi connectivity index (χ2n) is 6.93. The monoisotopic (exact) mass is 420 g/mol. The number of hydrazone groups is 1. The van der Waals surface area contributed by atoms with E-state index in [0.717, 1.165) is 22.6 Å². The smallest absolute Gasteiger partial charge is 0.307 e. The van der Waals surface area contributed by atoms with E-state index in [1.54, 1.807) is 12.1 Å². The third-order valence-electron chi connectivity index (χ3n) is 4.86. The molecule has 2 heterocycles. The Bertz CT molecular complexity index is 1340. The number of nitro benzene ring substituents is 1. The predicted molar refractivity (Wildman–Crippen MR) is 113 cm³/mol. The van der Waals surface area contributed by atoms with Crippen LogP contribution in [0.15, 0.2) is 64.1 Å².